The summed E-state index contributed by atoms with van der Waals surface area (Å²) in [4.78, 5) is 2.10. The minimum absolute atomic E-state index is 0.623. The molecule has 22 heavy (non-hydrogen) atoms. The first-order chi connectivity index (χ1) is 10.6. The first kappa shape index (κ1) is 15.2. The molecule has 0 aliphatic rings. The minimum Gasteiger partial charge on any atom is -0.461 e. The highest BCUT2D eigenvalue weighted by atomic mass is 35.5. The summed E-state index contributed by atoms with van der Waals surface area (Å²) in [6, 6.07) is 11.0. The Bertz CT molecular complexity index is 753. The van der Waals surface area contributed by atoms with E-state index in [9.17, 15) is 0 Å². The highest BCUT2D eigenvalue weighted by Gasteiger charge is 2.12. The van der Waals surface area contributed by atoms with Crippen LogP contribution in [-0.4, -0.2) is 17.1 Å². The quantitative estimate of drug-likeness (QED) is 0.666. The number of aromatic nitrogens is 1. The lowest BCUT2D eigenvalue weighted by molar-refractivity contribution is 0.304. The molecular weight excluding hydrogens is 323 g/mol. The molecule has 4 nitrogen and oxygen atoms in total. The lowest BCUT2D eigenvalue weighted by Crippen LogP contribution is -2.17. The maximum atomic E-state index is 6.19. The average Bonchev–Trinajstić information content (AvgIpc) is 3.12. The maximum Gasteiger partial charge on any atom is 0.202 e. The molecule has 0 N–H and O–H groups in total. The van der Waals surface area contributed by atoms with Gasteiger partial charge in [-0.05, 0) is 36.9 Å². The molecule has 0 spiro atoms. The van der Waals surface area contributed by atoms with Crippen LogP contribution in [0.2, 0.25) is 10.0 Å². The van der Waals surface area contributed by atoms with Crippen molar-refractivity contribution in [3.63, 3.8) is 0 Å². The highest BCUT2D eigenvalue weighted by molar-refractivity contribution is 6.35. The molecular formula is C16H14Cl2N2O2. The van der Waals surface area contributed by atoms with Crippen molar-refractivity contribution in [3.8, 4) is 11.5 Å². The number of nitrogens with zero attached hydrogens (tertiary/aromatic N) is 2. The smallest absolute Gasteiger partial charge is 0.202 e. The van der Waals surface area contributed by atoms with Crippen LogP contribution >= 0.6 is 23.2 Å². The normalized spacial score (nSPS) is 11.3. The molecule has 2 heterocycles. The summed E-state index contributed by atoms with van der Waals surface area (Å²) in [5.41, 5.74) is 1.85. The van der Waals surface area contributed by atoms with E-state index < -0.39 is 0 Å². The third kappa shape index (κ3) is 3.53. The molecule has 1 aromatic carbocycles. The summed E-state index contributed by atoms with van der Waals surface area (Å²) in [5.74, 6) is 1.29. The van der Waals surface area contributed by atoms with E-state index in [1.807, 2.05) is 37.4 Å². The van der Waals surface area contributed by atoms with Gasteiger partial charge < -0.3 is 8.94 Å². The van der Waals surface area contributed by atoms with Gasteiger partial charge in [0.25, 0.3) is 0 Å². The third-order valence-electron chi connectivity index (χ3n) is 3.21. The van der Waals surface area contributed by atoms with Crippen LogP contribution in [0.5, 0.6) is 0 Å². The summed E-state index contributed by atoms with van der Waals surface area (Å²) in [6.07, 6.45) is 1.60. The molecule has 3 aromatic rings. The van der Waals surface area contributed by atoms with Gasteiger partial charge in [-0.15, -0.1) is 0 Å². The average molecular weight is 337 g/mol. The highest BCUT2D eigenvalue weighted by Crippen LogP contribution is 2.24. The van der Waals surface area contributed by atoms with Crippen molar-refractivity contribution in [1.82, 2.24) is 10.1 Å². The van der Waals surface area contributed by atoms with Crippen molar-refractivity contribution < 1.29 is 8.94 Å². The Kier molecular flexibility index (Phi) is 4.52. The van der Waals surface area contributed by atoms with Crippen molar-refractivity contribution in [3.05, 3.63) is 64.0 Å². The topological polar surface area (TPSA) is 42.4 Å². The van der Waals surface area contributed by atoms with E-state index in [-0.39, 0.29) is 0 Å². The van der Waals surface area contributed by atoms with E-state index in [0.29, 0.717) is 34.7 Å². The van der Waals surface area contributed by atoms with E-state index in [2.05, 4.69) is 10.1 Å². The van der Waals surface area contributed by atoms with E-state index in [0.717, 1.165) is 11.3 Å². The zero-order valence-corrected chi connectivity index (χ0v) is 13.4. The second kappa shape index (κ2) is 6.57. The molecule has 0 aliphatic carbocycles. The number of furan rings is 1. The van der Waals surface area contributed by atoms with Crippen LogP contribution < -0.4 is 0 Å². The van der Waals surface area contributed by atoms with E-state index in [1.165, 1.54) is 0 Å². The zero-order valence-electron chi connectivity index (χ0n) is 11.9. The zero-order chi connectivity index (χ0) is 15.5. The van der Waals surface area contributed by atoms with Crippen LogP contribution in [0.25, 0.3) is 11.5 Å². The standard InChI is InChI=1S/C16H14Cl2N2O2/c1-20(9-11-4-5-12(17)7-14(11)18)10-13-8-16(22-19-13)15-3-2-6-21-15/h2-8H,9-10H2,1H3. The Labute approximate surface area is 138 Å². The Morgan fingerprint density at radius 3 is 2.68 bits per heavy atom. The van der Waals surface area contributed by atoms with Gasteiger partial charge in [0, 0.05) is 29.2 Å². The van der Waals surface area contributed by atoms with Gasteiger partial charge in [0.05, 0.1) is 12.0 Å². The van der Waals surface area contributed by atoms with Gasteiger partial charge in [-0.3, -0.25) is 4.90 Å². The molecule has 0 atom stereocenters. The molecule has 0 unspecified atom stereocenters. The molecule has 3 rings (SSSR count). The van der Waals surface area contributed by atoms with Crippen LogP contribution in [0.15, 0.2) is 51.6 Å². The molecule has 0 aliphatic heterocycles. The van der Waals surface area contributed by atoms with Crippen molar-refractivity contribution in [2.75, 3.05) is 7.05 Å². The summed E-state index contributed by atoms with van der Waals surface area (Å²) in [5, 5.41) is 5.36. The molecule has 0 bridgehead atoms. The lowest BCUT2D eigenvalue weighted by Gasteiger charge is -2.15. The van der Waals surface area contributed by atoms with Crippen molar-refractivity contribution in [1.29, 1.82) is 0 Å². The number of benzene rings is 1. The Hall–Kier alpha value is -1.75. The van der Waals surface area contributed by atoms with Crippen LogP contribution in [0, 0.1) is 0 Å². The monoisotopic (exact) mass is 336 g/mol. The predicted octanol–water partition coefficient (Wildman–Crippen LogP) is 4.87. The summed E-state index contributed by atoms with van der Waals surface area (Å²) in [7, 11) is 1.99. The van der Waals surface area contributed by atoms with Gasteiger partial charge in [0.15, 0.2) is 5.76 Å². The Balaban J connectivity index is 1.65. The predicted molar refractivity (Wildman–Crippen MR) is 85.8 cm³/mol. The van der Waals surface area contributed by atoms with Crippen LogP contribution in [0.4, 0.5) is 0 Å². The van der Waals surface area contributed by atoms with Crippen LogP contribution in [0.1, 0.15) is 11.3 Å². The molecule has 0 fully saturated rings. The van der Waals surface area contributed by atoms with Crippen LogP contribution in [0.3, 0.4) is 0 Å². The van der Waals surface area contributed by atoms with E-state index >= 15 is 0 Å². The Morgan fingerprint density at radius 2 is 1.95 bits per heavy atom. The molecule has 0 amide bonds. The fourth-order valence-electron chi connectivity index (χ4n) is 2.19. The molecule has 6 heteroatoms. The molecule has 0 saturated heterocycles. The fraction of sp³-hybridized carbons (Fsp3) is 0.188. The summed E-state index contributed by atoms with van der Waals surface area (Å²) >= 11 is 12.1. The van der Waals surface area contributed by atoms with E-state index in [4.69, 9.17) is 32.1 Å². The SMILES string of the molecule is CN(Cc1cc(-c2ccco2)on1)Cc1ccc(Cl)cc1Cl. The molecule has 0 saturated carbocycles. The van der Waals surface area contributed by atoms with Gasteiger partial charge in [-0.25, -0.2) is 0 Å². The second-order valence-corrected chi connectivity index (χ2v) is 5.91. The second-order valence-electron chi connectivity index (χ2n) is 5.07. The maximum absolute atomic E-state index is 6.19. The van der Waals surface area contributed by atoms with Gasteiger partial charge >= 0.3 is 0 Å². The third-order valence-corrected chi connectivity index (χ3v) is 3.80. The van der Waals surface area contributed by atoms with Crippen molar-refractivity contribution >= 4 is 23.2 Å². The first-order valence-electron chi connectivity index (χ1n) is 6.74. The Morgan fingerprint density at radius 1 is 1.09 bits per heavy atom. The largest absolute Gasteiger partial charge is 0.461 e. The number of hydrogen-bond acceptors (Lipinski definition) is 4. The van der Waals surface area contributed by atoms with E-state index in [1.54, 1.807) is 12.3 Å². The lowest BCUT2D eigenvalue weighted by atomic mass is 10.2. The van der Waals surface area contributed by atoms with Gasteiger partial charge in [0.1, 0.15) is 0 Å². The minimum atomic E-state index is 0.623. The summed E-state index contributed by atoms with van der Waals surface area (Å²) < 4.78 is 10.6. The summed E-state index contributed by atoms with van der Waals surface area (Å²) in [6.45, 7) is 1.34. The van der Waals surface area contributed by atoms with Crippen molar-refractivity contribution in [2.45, 2.75) is 13.1 Å². The first-order valence-corrected chi connectivity index (χ1v) is 7.49. The number of rotatable bonds is 5. The van der Waals surface area contributed by atoms with Crippen LogP contribution in [-0.2, 0) is 13.1 Å². The van der Waals surface area contributed by atoms with Gasteiger partial charge in [-0.2, -0.15) is 0 Å². The fourth-order valence-corrected chi connectivity index (χ4v) is 2.66. The molecule has 114 valence electrons. The van der Waals surface area contributed by atoms with Gasteiger partial charge in [-0.1, -0.05) is 34.4 Å². The van der Waals surface area contributed by atoms with Crippen molar-refractivity contribution in [2.24, 2.45) is 0 Å². The molecule has 2 aromatic heterocycles. The molecule has 0 radical (unpaired) electrons. The number of hydrogen-bond donors (Lipinski definition) is 0. The van der Waals surface area contributed by atoms with Gasteiger partial charge in [0.2, 0.25) is 5.76 Å². The number of halogens is 2.